The number of anilines is 3. The van der Waals surface area contributed by atoms with Gasteiger partial charge in [0.1, 0.15) is 22.9 Å². The third-order valence-electron chi connectivity index (χ3n) is 5.58. The van der Waals surface area contributed by atoms with Crippen LogP contribution >= 0.6 is 10.8 Å². The normalized spacial score (nSPS) is 16.4. The van der Waals surface area contributed by atoms with Gasteiger partial charge in [-0.1, -0.05) is 13.0 Å². The van der Waals surface area contributed by atoms with Crippen LogP contribution in [0.1, 0.15) is 31.7 Å². The van der Waals surface area contributed by atoms with E-state index >= 15 is 0 Å². The molecule has 1 fully saturated rings. The van der Waals surface area contributed by atoms with Crippen molar-refractivity contribution in [1.82, 2.24) is 0 Å². The number of hydrogen-bond acceptors (Lipinski definition) is 7. The Labute approximate surface area is 185 Å². The molecular formula is C21H27F3N2O5S. The third-order valence-corrected chi connectivity index (χ3v) is 7.85. The molecule has 0 heterocycles. The van der Waals surface area contributed by atoms with Gasteiger partial charge in [-0.3, -0.25) is 13.8 Å². The second-order valence-electron chi connectivity index (χ2n) is 7.79. The average Bonchev–Trinajstić information content (AvgIpc) is 3.55. The number of hydrogen-bond donors (Lipinski definition) is 6. The van der Waals surface area contributed by atoms with Crippen LogP contribution in [0.15, 0.2) is 24.3 Å². The number of ether oxygens (including phenoxy) is 1. The van der Waals surface area contributed by atoms with Gasteiger partial charge in [0.2, 0.25) is 0 Å². The zero-order valence-corrected chi connectivity index (χ0v) is 18.5. The molecule has 1 atom stereocenters. The standard InChI is InChI=1S/C21H27F3N2O5S/c1-3-12-4-5-16(14(22)8-12)25-20-18(24)15(23)9-17(31-2)19(20)26-32(29,30)21(6-7-21)10-13(28)11-27/h4-5,8-9,13,25-30H,3,6-7,10-11H2,1-2H3. The summed E-state index contributed by atoms with van der Waals surface area (Å²) in [6.45, 7) is 1.28. The number of aryl methyl sites for hydroxylation is 1. The molecule has 0 saturated heterocycles. The Balaban J connectivity index is 2.03. The van der Waals surface area contributed by atoms with Crippen LogP contribution < -0.4 is 14.8 Å². The maximum Gasteiger partial charge on any atom is 0.184 e. The van der Waals surface area contributed by atoms with Crippen molar-refractivity contribution in [3.8, 4) is 5.75 Å². The van der Waals surface area contributed by atoms with Crippen molar-refractivity contribution < 1.29 is 37.2 Å². The molecule has 0 spiro atoms. The van der Waals surface area contributed by atoms with Crippen LogP contribution in [0.4, 0.5) is 30.2 Å². The predicted molar refractivity (Wildman–Crippen MR) is 118 cm³/mol. The topological polar surface area (TPSA) is 114 Å². The number of rotatable bonds is 10. The Hall–Kier alpha value is -2.18. The SMILES string of the molecule is CCc1ccc(Nc2c(F)c(F)cc(OC)c2NS(O)(O)C2(CC(O)CO)CC2)c(F)c1. The van der Waals surface area contributed by atoms with Crippen LogP contribution in [0.2, 0.25) is 0 Å². The van der Waals surface area contributed by atoms with E-state index in [4.69, 9.17) is 9.84 Å². The van der Waals surface area contributed by atoms with E-state index in [0.29, 0.717) is 24.8 Å². The lowest BCUT2D eigenvalue weighted by molar-refractivity contribution is 0.0851. The second kappa shape index (κ2) is 9.36. The van der Waals surface area contributed by atoms with Crippen LogP contribution in [0.5, 0.6) is 5.75 Å². The number of benzene rings is 2. The molecule has 0 amide bonds. The zero-order chi connectivity index (χ0) is 23.7. The molecule has 3 rings (SSSR count). The van der Waals surface area contributed by atoms with Gasteiger partial charge in [0.05, 0.1) is 30.3 Å². The summed E-state index contributed by atoms with van der Waals surface area (Å²) in [5, 5.41) is 21.4. The average molecular weight is 477 g/mol. The Bertz CT molecular complexity index is 988. The van der Waals surface area contributed by atoms with Crippen molar-refractivity contribution in [2.24, 2.45) is 0 Å². The first kappa shape index (κ1) is 24.5. The van der Waals surface area contributed by atoms with Crippen molar-refractivity contribution in [3.63, 3.8) is 0 Å². The Kier molecular flexibility index (Phi) is 7.15. The monoisotopic (exact) mass is 476 g/mol. The molecule has 11 heteroatoms. The molecule has 1 aliphatic carbocycles. The summed E-state index contributed by atoms with van der Waals surface area (Å²) in [6.07, 6.45) is -0.0426. The smallest absolute Gasteiger partial charge is 0.184 e. The zero-order valence-electron chi connectivity index (χ0n) is 17.7. The lowest BCUT2D eigenvalue weighted by Crippen LogP contribution is -2.31. The molecule has 7 nitrogen and oxygen atoms in total. The van der Waals surface area contributed by atoms with Crippen LogP contribution in [0.3, 0.4) is 0 Å². The summed E-state index contributed by atoms with van der Waals surface area (Å²) in [4.78, 5) is 0. The molecule has 0 aliphatic heterocycles. The van der Waals surface area contributed by atoms with E-state index < -0.39 is 51.4 Å². The van der Waals surface area contributed by atoms with Gasteiger partial charge in [0, 0.05) is 12.5 Å². The summed E-state index contributed by atoms with van der Waals surface area (Å²) in [5.74, 6) is -3.60. The molecule has 2 aromatic rings. The van der Waals surface area contributed by atoms with Gasteiger partial charge < -0.3 is 20.3 Å². The molecular weight excluding hydrogens is 449 g/mol. The van der Waals surface area contributed by atoms with E-state index in [9.17, 15) is 27.4 Å². The lowest BCUT2D eigenvalue weighted by Gasteiger charge is -2.43. The molecule has 6 N–H and O–H groups in total. The second-order valence-corrected chi connectivity index (χ2v) is 9.96. The van der Waals surface area contributed by atoms with E-state index in [-0.39, 0.29) is 23.5 Å². The molecule has 0 radical (unpaired) electrons. The van der Waals surface area contributed by atoms with E-state index in [2.05, 4.69) is 10.0 Å². The summed E-state index contributed by atoms with van der Waals surface area (Å²) in [7, 11) is -2.54. The molecule has 0 aromatic heterocycles. The Morgan fingerprint density at radius 3 is 2.34 bits per heavy atom. The van der Waals surface area contributed by atoms with Crippen molar-refractivity contribution >= 4 is 27.8 Å². The van der Waals surface area contributed by atoms with Crippen LogP contribution in [-0.2, 0) is 6.42 Å². The van der Waals surface area contributed by atoms with E-state index in [1.165, 1.54) is 19.2 Å². The number of halogens is 3. The maximum absolute atomic E-state index is 14.8. The first-order valence-electron chi connectivity index (χ1n) is 10.0. The minimum atomic E-state index is -3.73. The van der Waals surface area contributed by atoms with E-state index in [1.807, 2.05) is 6.92 Å². The highest BCUT2D eigenvalue weighted by molar-refractivity contribution is 8.26. The first-order valence-corrected chi connectivity index (χ1v) is 11.6. The fourth-order valence-corrected chi connectivity index (χ4v) is 5.29. The van der Waals surface area contributed by atoms with Crippen molar-refractivity contribution in [2.75, 3.05) is 23.8 Å². The van der Waals surface area contributed by atoms with Crippen molar-refractivity contribution in [3.05, 3.63) is 47.3 Å². The Morgan fingerprint density at radius 2 is 1.81 bits per heavy atom. The molecule has 1 saturated carbocycles. The number of aliphatic hydroxyl groups is 2. The van der Waals surface area contributed by atoms with Crippen LogP contribution in [0, 0.1) is 17.5 Å². The molecule has 1 aliphatic rings. The van der Waals surface area contributed by atoms with Crippen LogP contribution in [-0.4, -0.2) is 43.9 Å². The quantitative estimate of drug-likeness (QED) is 0.293. The highest BCUT2D eigenvalue weighted by Gasteiger charge is 2.55. The van der Waals surface area contributed by atoms with Gasteiger partial charge in [0.15, 0.2) is 11.6 Å². The lowest BCUT2D eigenvalue weighted by atomic mass is 10.1. The van der Waals surface area contributed by atoms with Crippen molar-refractivity contribution in [1.29, 1.82) is 0 Å². The summed E-state index contributed by atoms with van der Waals surface area (Å²) >= 11 is 0. The molecule has 2 aromatic carbocycles. The summed E-state index contributed by atoms with van der Waals surface area (Å²) in [6, 6.07) is 4.98. The van der Waals surface area contributed by atoms with Gasteiger partial charge >= 0.3 is 0 Å². The highest BCUT2D eigenvalue weighted by Crippen LogP contribution is 2.68. The van der Waals surface area contributed by atoms with Crippen molar-refractivity contribution in [2.45, 2.75) is 43.5 Å². The largest absolute Gasteiger partial charge is 0.494 e. The number of methoxy groups -OCH3 is 1. The van der Waals surface area contributed by atoms with Gasteiger partial charge in [-0.25, -0.2) is 13.2 Å². The summed E-state index contributed by atoms with van der Waals surface area (Å²) < 4.78 is 71.7. The van der Waals surface area contributed by atoms with Crippen LogP contribution in [0.25, 0.3) is 0 Å². The molecule has 0 bridgehead atoms. The first-order chi connectivity index (χ1) is 15.1. The van der Waals surface area contributed by atoms with Gasteiger partial charge in [-0.15, -0.1) is 10.8 Å². The number of aliphatic hydroxyl groups excluding tert-OH is 2. The van der Waals surface area contributed by atoms with E-state index in [1.54, 1.807) is 6.07 Å². The van der Waals surface area contributed by atoms with E-state index in [0.717, 1.165) is 6.07 Å². The third kappa shape index (κ3) is 4.76. The molecule has 32 heavy (non-hydrogen) atoms. The minimum Gasteiger partial charge on any atom is -0.494 e. The fourth-order valence-electron chi connectivity index (χ4n) is 3.49. The van der Waals surface area contributed by atoms with Gasteiger partial charge in [-0.2, -0.15) is 0 Å². The maximum atomic E-state index is 14.8. The van der Waals surface area contributed by atoms with Gasteiger partial charge in [-0.05, 0) is 37.0 Å². The minimum absolute atomic E-state index is 0.110. The number of nitrogens with one attached hydrogen (secondary N) is 2. The molecule has 1 unspecified atom stereocenters. The Morgan fingerprint density at radius 1 is 1.12 bits per heavy atom. The fraction of sp³-hybridized carbons (Fsp3) is 0.429. The molecule has 178 valence electrons. The highest BCUT2D eigenvalue weighted by atomic mass is 32.3. The summed E-state index contributed by atoms with van der Waals surface area (Å²) in [5.41, 5.74) is -0.320. The predicted octanol–water partition coefficient (Wildman–Crippen LogP) is 4.77. The van der Waals surface area contributed by atoms with Gasteiger partial charge in [0.25, 0.3) is 0 Å².